The number of benzene rings is 1. The molecule has 2 aliphatic rings. The van der Waals surface area contributed by atoms with Crippen LogP contribution >= 0.6 is 0 Å². The Morgan fingerprint density at radius 1 is 1.29 bits per heavy atom. The zero-order valence-corrected chi connectivity index (χ0v) is 16.7. The van der Waals surface area contributed by atoms with Crippen molar-refractivity contribution in [2.45, 2.75) is 51.6 Å². The third-order valence-electron chi connectivity index (χ3n) is 6.43. The second-order valence-electron chi connectivity index (χ2n) is 8.69. The monoisotopic (exact) mass is 397 g/mol. The topological polar surface area (TPSA) is 49.6 Å². The second kappa shape index (κ2) is 8.31. The molecule has 3 rings (SSSR count). The fourth-order valence-corrected chi connectivity index (χ4v) is 5.08. The average molecular weight is 397 g/mol. The van der Waals surface area contributed by atoms with Crippen LogP contribution in [0.3, 0.4) is 0 Å². The summed E-state index contributed by atoms with van der Waals surface area (Å²) in [6.07, 6.45) is -0.00225. The molecule has 0 bridgehead atoms. The van der Waals surface area contributed by atoms with Gasteiger partial charge in [0, 0.05) is 30.4 Å². The number of halogens is 3. The summed E-state index contributed by atoms with van der Waals surface area (Å²) in [5.74, 6) is 0.134. The Bertz CT molecular complexity index is 712. The van der Waals surface area contributed by atoms with E-state index in [4.69, 9.17) is 5.73 Å². The summed E-state index contributed by atoms with van der Waals surface area (Å²) >= 11 is 0. The van der Waals surface area contributed by atoms with Gasteiger partial charge in [0.05, 0.1) is 6.04 Å². The van der Waals surface area contributed by atoms with Crippen molar-refractivity contribution in [1.82, 2.24) is 4.90 Å². The number of likely N-dealkylation sites (N-methyl/N-ethyl adjacent to an activating group) is 1. The zero-order chi connectivity index (χ0) is 20.6. The van der Waals surface area contributed by atoms with E-state index in [0.717, 1.165) is 18.9 Å². The van der Waals surface area contributed by atoms with E-state index in [9.17, 15) is 18.0 Å². The third kappa shape index (κ3) is 4.14. The molecule has 0 spiro atoms. The van der Waals surface area contributed by atoms with Gasteiger partial charge in [-0.25, -0.2) is 13.2 Å². The molecule has 2 N–H and O–H groups in total. The van der Waals surface area contributed by atoms with Gasteiger partial charge in [0.1, 0.15) is 5.82 Å². The first-order chi connectivity index (χ1) is 13.2. The Hall–Kier alpha value is -1.76. The van der Waals surface area contributed by atoms with Gasteiger partial charge >= 0.3 is 0 Å². The van der Waals surface area contributed by atoms with E-state index in [0.29, 0.717) is 37.0 Å². The lowest BCUT2D eigenvalue weighted by Crippen LogP contribution is -2.50. The van der Waals surface area contributed by atoms with Crippen LogP contribution in [0.25, 0.3) is 0 Å². The molecule has 4 atom stereocenters. The minimum absolute atomic E-state index is 0.124. The van der Waals surface area contributed by atoms with E-state index in [-0.39, 0.29) is 29.5 Å². The summed E-state index contributed by atoms with van der Waals surface area (Å²) < 4.78 is 40.6. The third-order valence-corrected chi connectivity index (χ3v) is 6.43. The average Bonchev–Trinajstić information content (AvgIpc) is 3.18. The van der Waals surface area contributed by atoms with Crippen LogP contribution in [-0.4, -0.2) is 43.0 Å². The summed E-state index contributed by atoms with van der Waals surface area (Å²) in [5.41, 5.74) is 5.83. The first-order valence-electron chi connectivity index (χ1n) is 10.0. The predicted octanol–water partition coefficient (Wildman–Crippen LogP) is 3.81. The molecule has 2 fully saturated rings. The van der Waals surface area contributed by atoms with Gasteiger partial charge < -0.3 is 10.6 Å². The van der Waals surface area contributed by atoms with Gasteiger partial charge in [0.25, 0.3) is 6.43 Å². The number of carbonyl (C=O) groups is 1. The fourth-order valence-electron chi connectivity index (χ4n) is 5.08. The Morgan fingerprint density at radius 2 is 2.00 bits per heavy atom. The molecule has 1 aliphatic heterocycles. The highest BCUT2D eigenvalue weighted by atomic mass is 19.3. The van der Waals surface area contributed by atoms with Crippen molar-refractivity contribution < 1.29 is 18.0 Å². The number of carbonyl (C=O) groups excluding carboxylic acids is 1. The molecular formula is C21H30F3N3O. The molecule has 1 aliphatic carbocycles. The number of amides is 1. The number of alkyl halides is 2. The molecule has 0 aromatic heterocycles. The lowest BCUT2D eigenvalue weighted by Gasteiger charge is -2.35. The molecule has 1 saturated heterocycles. The Balaban J connectivity index is 1.79. The maximum absolute atomic E-state index is 13.7. The minimum atomic E-state index is -2.64. The highest BCUT2D eigenvalue weighted by molar-refractivity contribution is 5.79. The number of nitrogens with zero attached hydrogens (tertiary/aromatic N) is 2. The van der Waals surface area contributed by atoms with Gasteiger partial charge in [-0.1, -0.05) is 13.8 Å². The molecule has 0 radical (unpaired) electrons. The molecular weight excluding hydrogens is 367 g/mol. The standard InChI is InChI=1S/C21H30F3N3O/c1-12(2)8-19(21(25)28)26(3)17-7-4-13-10-27(11-16(13)17)18-9-14(22)5-6-15(18)20(23)24/h5-6,9,12-13,16-17,19-20H,4,7-8,10-11H2,1-3H3,(H2,25,28)/t13-,16+,17+,19+/m1/s1. The second-order valence-corrected chi connectivity index (χ2v) is 8.69. The van der Waals surface area contributed by atoms with Crippen molar-refractivity contribution in [1.29, 1.82) is 0 Å². The quantitative estimate of drug-likeness (QED) is 0.761. The maximum Gasteiger partial charge on any atom is 0.265 e. The van der Waals surface area contributed by atoms with Crippen molar-refractivity contribution in [3.05, 3.63) is 29.6 Å². The summed E-state index contributed by atoms with van der Waals surface area (Å²) in [6.45, 7) is 5.36. The molecule has 1 aromatic rings. The zero-order valence-electron chi connectivity index (χ0n) is 16.7. The summed E-state index contributed by atoms with van der Waals surface area (Å²) in [7, 11) is 1.94. The van der Waals surface area contributed by atoms with Gasteiger partial charge in [0.2, 0.25) is 5.91 Å². The summed E-state index contributed by atoms with van der Waals surface area (Å²) in [4.78, 5) is 16.0. The SMILES string of the molecule is CC(C)C[C@@H](C(N)=O)N(C)[C@H]1CC[C@@H]2CN(c3cc(F)ccc3C(F)F)C[C@@H]21. The van der Waals surface area contributed by atoms with Crippen molar-refractivity contribution in [3.8, 4) is 0 Å². The van der Waals surface area contributed by atoms with E-state index in [1.54, 1.807) is 0 Å². The van der Waals surface area contributed by atoms with Gasteiger partial charge in [-0.3, -0.25) is 9.69 Å². The molecule has 1 heterocycles. The van der Waals surface area contributed by atoms with Gasteiger partial charge in [-0.05, 0) is 62.3 Å². The first-order valence-corrected chi connectivity index (χ1v) is 10.0. The van der Waals surface area contributed by atoms with Crippen LogP contribution in [0, 0.1) is 23.6 Å². The molecule has 28 heavy (non-hydrogen) atoms. The van der Waals surface area contributed by atoms with Crippen LogP contribution in [0.1, 0.15) is 45.1 Å². The first kappa shape index (κ1) is 21.0. The molecule has 4 nitrogen and oxygen atoms in total. The Labute approximate surface area is 164 Å². The molecule has 0 unspecified atom stereocenters. The predicted molar refractivity (Wildman–Crippen MR) is 104 cm³/mol. The summed E-state index contributed by atoms with van der Waals surface area (Å²) in [6, 6.07) is 3.32. The smallest absolute Gasteiger partial charge is 0.265 e. The number of fused-ring (bicyclic) bond motifs is 1. The largest absolute Gasteiger partial charge is 0.370 e. The number of hydrogen-bond acceptors (Lipinski definition) is 3. The van der Waals surface area contributed by atoms with Gasteiger partial charge in [-0.15, -0.1) is 0 Å². The van der Waals surface area contributed by atoms with Crippen LogP contribution in [-0.2, 0) is 4.79 Å². The van der Waals surface area contributed by atoms with Crippen molar-refractivity contribution in [2.24, 2.45) is 23.5 Å². The fraction of sp³-hybridized carbons (Fsp3) is 0.667. The van der Waals surface area contributed by atoms with Gasteiger partial charge in [0.15, 0.2) is 0 Å². The Kier molecular flexibility index (Phi) is 6.22. The molecule has 1 aromatic carbocycles. The van der Waals surface area contributed by atoms with E-state index in [2.05, 4.69) is 18.7 Å². The number of primary amides is 1. The van der Waals surface area contributed by atoms with Crippen LogP contribution < -0.4 is 10.6 Å². The lowest BCUT2D eigenvalue weighted by molar-refractivity contribution is -0.124. The molecule has 7 heteroatoms. The molecule has 1 saturated carbocycles. The Morgan fingerprint density at radius 3 is 2.61 bits per heavy atom. The van der Waals surface area contributed by atoms with E-state index >= 15 is 0 Å². The van der Waals surface area contributed by atoms with E-state index in [1.165, 1.54) is 12.1 Å². The van der Waals surface area contributed by atoms with Crippen LogP contribution in [0.2, 0.25) is 0 Å². The minimum Gasteiger partial charge on any atom is -0.370 e. The normalized spacial score (nSPS) is 25.8. The van der Waals surface area contributed by atoms with Crippen molar-refractivity contribution >= 4 is 11.6 Å². The van der Waals surface area contributed by atoms with Crippen LogP contribution in [0.4, 0.5) is 18.9 Å². The van der Waals surface area contributed by atoms with Crippen molar-refractivity contribution in [2.75, 3.05) is 25.0 Å². The van der Waals surface area contributed by atoms with Crippen LogP contribution in [0.15, 0.2) is 18.2 Å². The van der Waals surface area contributed by atoms with E-state index in [1.807, 2.05) is 11.9 Å². The summed E-state index contributed by atoms with van der Waals surface area (Å²) in [5, 5.41) is 0. The molecule has 1 amide bonds. The number of anilines is 1. The van der Waals surface area contributed by atoms with Crippen molar-refractivity contribution in [3.63, 3.8) is 0 Å². The highest BCUT2D eigenvalue weighted by Gasteiger charge is 2.46. The van der Waals surface area contributed by atoms with Crippen LogP contribution in [0.5, 0.6) is 0 Å². The van der Waals surface area contributed by atoms with Gasteiger partial charge in [-0.2, -0.15) is 0 Å². The maximum atomic E-state index is 13.7. The lowest BCUT2D eigenvalue weighted by atomic mass is 9.94. The number of rotatable bonds is 7. The highest BCUT2D eigenvalue weighted by Crippen LogP contribution is 2.44. The number of hydrogen-bond donors (Lipinski definition) is 1. The van der Waals surface area contributed by atoms with E-state index < -0.39 is 12.2 Å². The number of nitrogens with two attached hydrogens (primary N) is 1. The molecule has 156 valence electrons.